The van der Waals surface area contributed by atoms with Crippen molar-refractivity contribution in [3.05, 3.63) is 26.7 Å². The zero-order chi connectivity index (χ0) is 14.5. The van der Waals surface area contributed by atoms with E-state index in [0.717, 1.165) is 28.1 Å². The fraction of sp³-hybridized carbons (Fsp3) is 0.462. The van der Waals surface area contributed by atoms with Crippen molar-refractivity contribution >= 4 is 33.8 Å². The Balaban J connectivity index is 1.86. The molecule has 1 N–H and O–H groups in total. The third-order valence-electron chi connectivity index (χ3n) is 2.76. The summed E-state index contributed by atoms with van der Waals surface area (Å²) in [5.74, 6) is -0.205. The minimum absolute atomic E-state index is 0.205. The van der Waals surface area contributed by atoms with Crippen LogP contribution in [0.2, 0.25) is 0 Å². The van der Waals surface area contributed by atoms with Gasteiger partial charge < -0.3 is 10.1 Å². The van der Waals surface area contributed by atoms with E-state index < -0.39 is 0 Å². The lowest BCUT2D eigenvalue weighted by Gasteiger charge is -2.00. The molecule has 0 spiro atoms. The number of hydrogen-bond donors (Lipinski definition) is 1. The molecule has 108 valence electrons. The Morgan fingerprint density at radius 2 is 2.20 bits per heavy atom. The molecule has 0 unspecified atom stereocenters. The van der Waals surface area contributed by atoms with Crippen molar-refractivity contribution in [3.8, 4) is 0 Å². The molecule has 0 fully saturated rings. The first-order valence-electron chi connectivity index (χ1n) is 6.26. The van der Waals surface area contributed by atoms with Gasteiger partial charge in [0.15, 0.2) is 5.13 Å². The van der Waals surface area contributed by atoms with Crippen LogP contribution >= 0.6 is 22.7 Å². The molecule has 0 atom stereocenters. The van der Waals surface area contributed by atoms with Crippen molar-refractivity contribution in [2.75, 3.05) is 12.4 Å². The minimum atomic E-state index is -0.205. The van der Waals surface area contributed by atoms with E-state index >= 15 is 0 Å². The second-order valence-electron chi connectivity index (χ2n) is 4.32. The fourth-order valence-electron chi connectivity index (χ4n) is 1.73. The van der Waals surface area contributed by atoms with Gasteiger partial charge in [0, 0.05) is 16.7 Å². The first-order chi connectivity index (χ1) is 9.58. The molecule has 2 aromatic rings. The minimum Gasteiger partial charge on any atom is -0.469 e. The van der Waals surface area contributed by atoms with Gasteiger partial charge in [-0.05, 0) is 13.8 Å². The van der Waals surface area contributed by atoms with Crippen LogP contribution in [-0.4, -0.2) is 23.0 Å². The summed E-state index contributed by atoms with van der Waals surface area (Å²) in [7, 11) is 1.40. The first-order valence-corrected chi connectivity index (χ1v) is 7.96. The molecule has 0 aliphatic carbocycles. The lowest BCUT2D eigenvalue weighted by atomic mass is 10.2. The summed E-state index contributed by atoms with van der Waals surface area (Å²) in [6.07, 6.45) is 0.983. The Morgan fingerprint density at radius 3 is 2.85 bits per heavy atom. The number of carbonyl (C=O) groups is 1. The van der Waals surface area contributed by atoms with Crippen LogP contribution in [0.1, 0.15) is 27.7 Å². The van der Waals surface area contributed by atoms with Crippen LogP contribution in [0.5, 0.6) is 0 Å². The van der Waals surface area contributed by atoms with Crippen LogP contribution in [0, 0.1) is 13.8 Å². The number of rotatable bonds is 6. The van der Waals surface area contributed by atoms with Crippen molar-refractivity contribution in [1.82, 2.24) is 9.97 Å². The predicted octanol–water partition coefficient (Wildman–Crippen LogP) is 2.93. The van der Waals surface area contributed by atoms with Crippen LogP contribution in [0.3, 0.4) is 0 Å². The Labute approximate surface area is 126 Å². The molecular formula is C13H17N3O2S2. The van der Waals surface area contributed by atoms with E-state index in [9.17, 15) is 4.79 Å². The zero-order valence-electron chi connectivity index (χ0n) is 11.7. The second-order valence-corrected chi connectivity index (χ2v) is 6.46. The number of aryl methyl sites for hydroxylation is 3. The average molecular weight is 311 g/mol. The number of nitrogens with one attached hydrogen (secondary N) is 1. The fourth-order valence-corrected chi connectivity index (χ4v) is 3.35. The van der Waals surface area contributed by atoms with Crippen LogP contribution in [0.25, 0.3) is 0 Å². The highest BCUT2D eigenvalue weighted by Gasteiger charge is 2.08. The normalized spacial score (nSPS) is 10.6. The van der Waals surface area contributed by atoms with E-state index in [2.05, 4.69) is 20.0 Å². The van der Waals surface area contributed by atoms with Gasteiger partial charge in [-0.3, -0.25) is 4.79 Å². The van der Waals surface area contributed by atoms with Crippen LogP contribution in [-0.2, 0) is 22.5 Å². The average Bonchev–Trinajstić information content (AvgIpc) is 3.00. The third-order valence-corrected chi connectivity index (χ3v) is 4.69. The number of ether oxygens (including phenoxy) is 1. The van der Waals surface area contributed by atoms with Crippen molar-refractivity contribution < 1.29 is 9.53 Å². The van der Waals surface area contributed by atoms with Crippen LogP contribution in [0.15, 0.2) is 5.38 Å². The molecule has 0 bridgehead atoms. The molecule has 2 heterocycles. The molecule has 2 aromatic heterocycles. The molecule has 5 nitrogen and oxygen atoms in total. The number of nitrogens with zero attached hydrogens (tertiary/aromatic N) is 2. The summed E-state index contributed by atoms with van der Waals surface area (Å²) < 4.78 is 4.62. The summed E-state index contributed by atoms with van der Waals surface area (Å²) in [5.41, 5.74) is 1.99. The number of aromatic nitrogens is 2. The Hall–Kier alpha value is -1.47. The molecule has 20 heavy (non-hydrogen) atoms. The maximum atomic E-state index is 11.1. The standard InChI is InChI=1S/C13H17N3O2S2/c1-8-11(20-9(2)15-8)6-14-13-16-10(7-19-13)4-5-12(17)18-3/h7H,4-6H2,1-3H3,(H,14,16). The van der Waals surface area contributed by atoms with Crippen LogP contribution in [0.4, 0.5) is 5.13 Å². The molecule has 0 aliphatic heterocycles. The van der Waals surface area contributed by atoms with Gasteiger partial charge in [-0.15, -0.1) is 22.7 Å². The van der Waals surface area contributed by atoms with Gasteiger partial charge in [0.05, 0.1) is 36.5 Å². The van der Waals surface area contributed by atoms with E-state index in [1.807, 2.05) is 19.2 Å². The number of hydrogen-bond acceptors (Lipinski definition) is 7. The van der Waals surface area contributed by atoms with Gasteiger partial charge >= 0.3 is 5.97 Å². The first kappa shape index (κ1) is 14.9. The molecule has 0 saturated heterocycles. The summed E-state index contributed by atoms with van der Waals surface area (Å²) >= 11 is 3.25. The Bertz CT molecular complexity index is 592. The van der Waals surface area contributed by atoms with Crippen molar-refractivity contribution in [1.29, 1.82) is 0 Å². The summed E-state index contributed by atoms with van der Waals surface area (Å²) in [5, 5.41) is 7.22. The number of methoxy groups -OCH3 is 1. The highest BCUT2D eigenvalue weighted by molar-refractivity contribution is 7.13. The van der Waals surface area contributed by atoms with Gasteiger partial charge in [0.25, 0.3) is 0 Å². The van der Waals surface area contributed by atoms with Crippen molar-refractivity contribution in [2.24, 2.45) is 0 Å². The number of anilines is 1. The maximum Gasteiger partial charge on any atom is 0.305 e. The lowest BCUT2D eigenvalue weighted by molar-refractivity contribution is -0.140. The van der Waals surface area contributed by atoms with E-state index in [0.29, 0.717) is 12.8 Å². The summed E-state index contributed by atoms with van der Waals surface area (Å²) in [4.78, 5) is 21.2. The van der Waals surface area contributed by atoms with E-state index in [1.165, 1.54) is 12.0 Å². The second kappa shape index (κ2) is 6.81. The third kappa shape index (κ3) is 4.01. The van der Waals surface area contributed by atoms with Gasteiger partial charge in [0.1, 0.15) is 0 Å². The lowest BCUT2D eigenvalue weighted by Crippen LogP contribution is -2.02. The molecule has 0 aliphatic rings. The molecule has 0 aromatic carbocycles. The van der Waals surface area contributed by atoms with E-state index in [4.69, 9.17) is 0 Å². The zero-order valence-corrected chi connectivity index (χ0v) is 13.4. The molecule has 2 rings (SSSR count). The van der Waals surface area contributed by atoms with Gasteiger partial charge in [-0.25, -0.2) is 9.97 Å². The number of thiazole rings is 2. The highest BCUT2D eigenvalue weighted by Crippen LogP contribution is 2.21. The maximum absolute atomic E-state index is 11.1. The monoisotopic (exact) mass is 311 g/mol. The largest absolute Gasteiger partial charge is 0.469 e. The Morgan fingerprint density at radius 1 is 1.40 bits per heavy atom. The quantitative estimate of drug-likeness (QED) is 0.831. The van der Waals surface area contributed by atoms with E-state index in [1.54, 1.807) is 22.7 Å². The smallest absolute Gasteiger partial charge is 0.305 e. The van der Waals surface area contributed by atoms with Gasteiger partial charge in [0.2, 0.25) is 0 Å². The number of carbonyl (C=O) groups excluding carboxylic acids is 1. The van der Waals surface area contributed by atoms with Crippen LogP contribution < -0.4 is 5.32 Å². The van der Waals surface area contributed by atoms with E-state index in [-0.39, 0.29) is 5.97 Å². The molecule has 0 radical (unpaired) electrons. The summed E-state index contributed by atoms with van der Waals surface area (Å²) in [6.45, 7) is 4.76. The Kier molecular flexibility index (Phi) is 5.08. The highest BCUT2D eigenvalue weighted by atomic mass is 32.1. The van der Waals surface area contributed by atoms with Crippen molar-refractivity contribution in [3.63, 3.8) is 0 Å². The van der Waals surface area contributed by atoms with Gasteiger partial charge in [-0.2, -0.15) is 0 Å². The molecular weight excluding hydrogens is 294 g/mol. The SMILES string of the molecule is COC(=O)CCc1csc(NCc2sc(C)nc2C)n1. The molecule has 0 saturated carbocycles. The summed E-state index contributed by atoms with van der Waals surface area (Å²) in [6, 6.07) is 0. The topological polar surface area (TPSA) is 64.1 Å². The number of esters is 1. The van der Waals surface area contributed by atoms with Gasteiger partial charge in [-0.1, -0.05) is 0 Å². The molecule has 7 heteroatoms. The molecule has 0 amide bonds. The van der Waals surface area contributed by atoms with Crippen molar-refractivity contribution in [2.45, 2.75) is 33.2 Å². The predicted molar refractivity (Wildman–Crippen MR) is 81.4 cm³/mol.